The fourth-order valence-electron chi connectivity index (χ4n) is 3.02. The Morgan fingerprint density at radius 3 is 2.35 bits per heavy atom. The minimum atomic E-state index is -0.325. The van der Waals surface area contributed by atoms with Crippen LogP contribution in [0.25, 0.3) is 5.69 Å². The molecule has 2 aromatic carbocycles. The molecule has 1 aromatic heterocycles. The van der Waals surface area contributed by atoms with Crippen LogP contribution in [0.3, 0.4) is 0 Å². The van der Waals surface area contributed by atoms with E-state index in [1.807, 2.05) is 12.1 Å². The molecule has 0 aliphatic carbocycles. The highest BCUT2D eigenvalue weighted by molar-refractivity contribution is 6.37. The molecule has 0 spiro atoms. The van der Waals surface area contributed by atoms with Crippen molar-refractivity contribution in [1.82, 2.24) is 19.7 Å². The minimum absolute atomic E-state index is 0.0356. The number of hydrogen-bond donors (Lipinski definition) is 1. The Kier molecular flexibility index (Phi) is 6.72. The predicted octanol–water partition coefficient (Wildman–Crippen LogP) is 5.41. The lowest BCUT2D eigenvalue weighted by molar-refractivity contribution is 0.0750. The Bertz CT molecular complexity index is 1080. The van der Waals surface area contributed by atoms with E-state index >= 15 is 0 Å². The Morgan fingerprint density at radius 1 is 1.19 bits per heavy atom. The number of benzene rings is 2. The highest BCUT2D eigenvalue weighted by Gasteiger charge is 2.21. The fraction of sp³-hybridized carbons (Fsp3) is 0.261. The van der Waals surface area contributed by atoms with Crippen LogP contribution in [0.1, 0.15) is 42.5 Å². The third-order valence-electron chi connectivity index (χ3n) is 4.78. The van der Waals surface area contributed by atoms with Crippen molar-refractivity contribution in [2.75, 3.05) is 6.54 Å². The van der Waals surface area contributed by atoms with Crippen molar-refractivity contribution < 1.29 is 9.90 Å². The third kappa shape index (κ3) is 5.27. The molecular formula is C23H24Cl2N4O2. The maximum absolute atomic E-state index is 13.0. The van der Waals surface area contributed by atoms with Crippen LogP contribution in [0.4, 0.5) is 0 Å². The molecule has 0 radical (unpaired) electrons. The second-order valence-electron chi connectivity index (χ2n) is 8.19. The Labute approximate surface area is 191 Å². The molecular weight excluding hydrogens is 435 g/mol. The van der Waals surface area contributed by atoms with Gasteiger partial charge in [0.05, 0.1) is 15.7 Å². The minimum Gasteiger partial charge on any atom is -0.505 e. The molecule has 3 aromatic rings. The van der Waals surface area contributed by atoms with Gasteiger partial charge in [-0.05, 0) is 28.7 Å². The number of phenolic OH excluding ortho intramolecular Hbond substituents is 1. The van der Waals surface area contributed by atoms with Gasteiger partial charge >= 0.3 is 0 Å². The van der Waals surface area contributed by atoms with E-state index < -0.39 is 0 Å². The lowest BCUT2D eigenvalue weighted by Crippen LogP contribution is -2.31. The first-order valence-corrected chi connectivity index (χ1v) is 10.5. The maximum Gasteiger partial charge on any atom is 0.294 e. The first kappa shape index (κ1) is 22.8. The molecule has 1 heterocycles. The summed E-state index contributed by atoms with van der Waals surface area (Å²) in [5.74, 6) is -0.499. The van der Waals surface area contributed by atoms with Gasteiger partial charge in [0.1, 0.15) is 6.33 Å². The van der Waals surface area contributed by atoms with E-state index in [4.69, 9.17) is 23.2 Å². The zero-order chi connectivity index (χ0) is 22.8. The van der Waals surface area contributed by atoms with Crippen LogP contribution in [0.2, 0.25) is 10.0 Å². The van der Waals surface area contributed by atoms with E-state index in [1.165, 1.54) is 28.7 Å². The average molecular weight is 459 g/mol. The summed E-state index contributed by atoms with van der Waals surface area (Å²) in [5, 5.41) is 14.2. The van der Waals surface area contributed by atoms with Crippen molar-refractivity contribution in [3.63, 3.8) is 0 Å². The Morgan fingerprint density at radius 2 is 1.81 bits per heavy atom. The lowest BCUT2D eigenvalue weighted by Gasteiger charge is -2.22. The number of amides is 1. The van der Waals surface area contributed by atoms with E-state index in [0.29, 0.717) is 18.8 Å². The summed E-state index contributed by atoms with van der Waals surface area (Å²) >= 11 is 12.0. The van der Waals surface area contributed by atoms with Gasteiger partial charge in [0.2, 0.25) is 5.82 Å². The summed E-state index contributed by atoms with van der Waals surface area (Å²) in [6, 6.07) is 11.2. The van der Waals surface area contributed by atoms with Crippen LogP contribution in [0, 0.1) is 0 Å². The molecule has 6 nitrogen and oxygen atoms in total. The first-order chi connectivity index (χ1) is 14.6. The molecule has 0 aliphatic rings. The summed E-state index contributed by atoms with van der Waals surface area (Å²) in [5.41, 5.74) is 2.77. The van der Waals surface area contributed by atoms with E-state index in [1.54, 1.807) is 11.0 Å². The van der Waals surface area contributed by atoms with Crippen LogP contribution in [0.5, 0.6) is 5.75 Å². The van der Waals surface area contributed by atoms with Crippen molar-refractivity contribution in [3.05, 3.63) is 82.4 Å². The summed E-state index contributed by atoms with van der Waals surface area (Å²) in [6.07, 6.45) is 3.06. The average Bonchev–Trinajstić information content (AvgIpc) is 3.21. The van der Waals surface area contributed by atoms with Gasteiger partial charge in [-0.2, -0.15) is 0 Å². The van der Waals surface area contributed by atoms with Gasteiger partial charge in [-0.15, -0.1) is 11.7 Å². The molecule has 0 fully saturated rings. The monoisotopic (exact) mass is 458 g/mol. The molecule has 0 atom stereocenters. The molecule has 3 rings (SSSR count). The van der Waals surface area contributed by atoms with Crippen molar-refractivity contribution in [1.29, 1.82) is 0 Å². The Balaban J connectivity index is 1.82. The fourth-order valence-corrected chi connectivity index (χ4v) is 3.49. The number of carbonyl (C=O) groups is 1. The van der Waals surface area contributed by atoms with Gasteiger partial charge in [0.15, 0.2) is 5.75 Å². The molecule has 0 aliphatic heterocycles. The van der Waals surface area contributed by atoms with Gasteiger partial charge < -0.3 is 10.0 Å². The van der Waals surface area contributed by atoms with Crippen LogP contribution in [0.15, 0.2) is 55.4 Å². The second-order valence-corrected chi connectivity index (χ2v) is 9.01. The van der Waals surface area contributed by atoms with Gasteiger partial charge in [-0.3, -0.25) is 4.79 Å². The van der Waals surface area contributed by atoms with E-state index in [0.717, 1.165) is 5.56 Å². The molecule has 0 saturated carbocycles. The molecule has 1 N–H and O–H groups in total. The summed E-state index contributed by atoms with van der Waals surface area (Å²) in [6.45, 7) is 11.0. The van der Waals surface area contributed by atoms with Crippen LogP contribution in [-0.2, 0) is 12.0 Å². The molecule has 0 unspecified atom stereocenters. The van der Waals surface area contributed by atoms with E-state index in [-0.39, 0.29) is 32.9 Å². The van der Waals surface area contributed by atoms with E-state index in [2.05, 4.69) is 49.6 Å². The van der Waals surface area contributed by atoms with Crippen LogP contribution < -0.4 is 0 Å². The number of hydrogen-bond acceptors (Lipinski definition) is 4. The molecule has 0 bridgehead atoms. The second kappa shape index (κ2) is 9.12. The van der Waals surface area contributed by atoms with Gasteiger partial charge in [0.25, 0.3) is 5.91 Å². The zero-order valence-corrected chi connectivity index (χ0v) is 19.2. The number of aromatic hydroxyl groups is 1. The number of aromatic nitrogens is 3. The summed E-state index contributed by atoms with van der Waals surface area (Å²) < 4.78 is 1.38. The van der Waals surface area contributed by atoms with E-state index in [9.17, 15) is 9.90 Å². The standard InChI is InChI=1S/C23H24Cl2N4O2/c1-5-10-28(13-15-6-8-16(9-7-15)23(2,3)4)22(31)21-26-14-29(27-21)17-11-18(24)20(30)19(25)12-17/h5-9,11-12,14,30H,1,10,13H2,2-4H3. The highest BCUT2D eigenvalue weighted by Crippen LogP contribution is 2.33. The number of rotatable bonds is 6. The SMILES string of the molecule is C=CCN(Cc1ccc(C(C)(C)C)cc1)C(=O)c1ncn(-c2cc(Cl)c(O)c(Cl)c2)n1. The van der Waals surface area contributed by atoms with Crippen molar-refractivity contribution in [2.45, 2.75) is 32.7 Å². The zero-order valence-electron chi connectivity index (χ0n) is 17.6. The number of halogens is 2. The topological polar surface area (TPSA) is 71.2 Å². The summed E-state index contributed by atoms with van der Waals surface area (Å²) in [4.78, 5) is 18.8. The third-order valence-corrected chi connectivity index (χ3v) is 5.36. The predicted molar refractivity (Wildman–Crippen MR) is 123 cm³/mol. The van der Waals surface area contributed by atoms with Gasteiger partial charge in [0, 0.05) is 13.1 Å². The van der Waals surface area contributed by atoms with Gasteiger partial charge in [-0.1, -0.05) is 74.3 Å². The molecule has 31 heavy (non-hydrogen) atoms. The first-order valence-electron chi connectivity index (χ1n) is 9.70. The van der Waals surface area contributed by atoms with Crippen molar-refractivity contribution in [2.24, 2.45) is 0 Å². The molecule has 0 saturated heterocycles. The molecule has 1 amide bonds. The number of carbonyl (C=O) groups excluding carboxylic acids is 1. The van der Waals surface area contributed by atoms with Crippen LogP contribution in [-0.4, -0.2) is 37.2 Å². The maximum atomic E-state index is 13.0. The van der Waals surface area contributed by atoms with Crippen LogP contribution >= 0.6 is 23.2 Å². The Hall–Kier alpha value is -2.83. The smallest absolute Gasteiger partial charge is 0.294 e. The lowest BCUT2D eigenvalue weighted by atomic mass is 9.87. The normalized spacial score (nSPS) is 11.4. The number of nitrogens with zero attached hydrogens (tertiary/aromatic N) is 4. The van der Waals surface area contributed by atoms with Crippen molar-refractivity contribution in [3.8, 4) is 11.4 Å². The molecule has 8 heteroatoms. The van der Waals surface area contributed by atoms with Crippen molar-refractivity contribution >= 4 is 29.1 Å². The number of phenols is 1. The largest absolute Gasteiger partial charge is 0.505 e. The quantitative estimate of drug-likeness (QED) is 0.501. The highest BCUT2D eigenvalue weighted by atomic mass is 35.5. The molecule has 162 valence electrons. The van der Waals surface area contributed by atoms with Gasteiger partial charge in [-0.25, -0.2) is 9.67 Å². The summed E-state index contributed by atoms with van der Waals surface area (Å²) in [7, 11) is 0.